The molecule has 0 aliphatic heterocycles. The number of carboxylic acids is 1. The molecule has 2 aromatic rings. The highest BCUT2D eigenvalue weighted by Gasteiger charge is 2.08. The van der Waals surface area contributed by atoms with Crippen LogP contribution in [0, 0.1) is 0 Å². The van der Waals surface area contributed by atoms with E-state index in [1.165, 1.54) is 22.0 Å². The van der Waals surface area contributed by atoms with Crippen LogP contribution in [-0.4, -0.2) is 25.7 Å². The standard InChI is InChI=1S/C5H3N3O2S/c9-4(10)3-1-8-5(7-3)11-2-6-8/h1-2H,(H,9,10). The number of aromatic nitrogens is 3. The molecule has 0 saturated carbocycles. The number of hydrogen-bond donors (Lipinski definition) is 1. The lowest BCUT2D eigenvalue weighted by atomic mass is 10.5. The highest BCUT2D eigenvalue weighted by Crippen LogP contribution is 2.07. The van der Waals surface area contributed by atoms with Crippen LogP contribution in [0.4, 0.5) is 0 Å². The summed E-state index contributed by atoms with van der Waals surface area (Å²) in [4.78, 5) is 14.8. The second-order valence-corrected chi connectivity index (χ2v) is 2.71. The zero-order valence-electron chi connectivity index (χ0n) is 5.26. The number of imidazole rings is 1. The van der Waals surface area contributed by atoms with Crippen LogP contribution in [-0.2, 0) is 0 Å². The number of rotatable bonds is 1. The van der Waals surface area contributed by atoms with Crippen LogP contribution in [0.3, 0.4) is 0 Å². The maximum Gasteiger partial charge on any atom is 0.356 e. The van der Waals surface area contributed by atoms with Gasteiger partial charge in [0.05, 0.1) is 6.20 Å². The van der Waals surface area contributed by atoms with Gasteiger partial charge in [0.15, 0.2) is 5.69 Å². The zero-order chi connectivity index (χ0) is 7.84. The largest absolute Gasteiger partial charge is 0.476 e. The van der Waals surface area contributed by atoms with Crippen molar-refractivity contribution in [3.63, 3.8) is 0 Å². The maximum atomic E-state index is 10.4. The fraction of sp³-hybridized carbons (Fsp3) is 0. The Hall–Kier alpha value is -1.43. The summed E-state index contributed by atoms with van der Waals surface area (Å²) in [6.45, 7) is 0. The van der Waals surface area contributed by atoms with Crippen molar-refractivity contribution in [2.45, 2.75) is 0 Å². The Kier molecular flexibility index (Phi) is 1.16. The first-order chi connectivity index (χ1) is 5.27. The average molecular weight is 169 g/mol. The third-order valence-electron chi connectivity index (χ3n) is 1.21. The molecular formula is C5H3N3O2S. The van der Waals surface area contributed by atoms with E-state index in [4.69, 9.17) is 5.11 Å². The van der Waals surface area contributed by atoms with Gasteiger partial charge in [-0.15, -0.1) is 0 Å². The second-order valence-electron chi connectivity index (χ2n) is 1.90. The number of carbonyl (C=O) groups is 1. The molecule has 11 heavy (non-hydrogen) atoms. The first kappa shape index (κ1) is 6.29. The highest BCUT2D eigenvalue weighted by atomic mass is 32.1. The molecule has 0 amide bonds. The molecule has 2 rings (SSSR count). The maximum absolute atomic E-state index is 10.4. The Morgan fingerprint density at radius 2 is 2.55 bits per heavy atom. The lowest BCUT2D eigenvalue weighted by Crippen LogP contribution is -1.95. The van der Waals surface area contributed by atoms with E-state index in [1.807, 2.05) is 0 Å². The topological polar surface area (TPSA) is 67.5 Å². The van der Waals surface area contributed by atoms with Gasteiger partial charge < -0.3 is 5.11 Å². The summed E-state index contributed by atoms with van der Waals surface area (Å²) in [6, 6.07) is 0. The molecule has 0 unspecified atom stereocenters. The van der Waals surface area contributed by atoms with Gasteiger partial charge in [-0.1, -0.05) is 11.3 Å². The molecule has 0 radical (unpaired) electrons. The molecule has 0 bridgehead atoms. The molecule has 0 spiro atoms. The first-order valence-electron chi connectivity index (χ1n) is 2.79. The smallest absolute Gasteiger partial charge is 0.356 e. The molecule has 0 fully saturated rings. The van der Waals surface area contributed by atoms with E-state index in [0.717, 1.165) is 0 Å². The van der Waals surface area contributed by atoms with Crippen LogP contribution >= 0.6 is 11.3 Å². The van der Waals surface area contributed by atoms with Crippen molar-refractivity contribution in [2.75, 3.05) is 0 Å². The lowest BCUT2D eigenvalue weighted by Gasteiger charge is -1.78. The van der Waals surface area contributed by atoms with Gasteiger partial charge in [0.25, 0.3) is 0 Å². The number of nitrogens with zero attached hydrogens (tertiary/aromatic N) is 3. The summed E-state index contributed by atoms with van der Waals surface area (Å²) in [5, 5.41) is 12.3. The predicted octanol–water partition coefficient (Wildman–Crippen LogP) is 0.489. The molecule has 0 atom stereocenters. The number of hydrogen-bond acceptors (Lipinski definition) is 4. The Balaban J connectivity index is 2.67. The van der Waals surface area contributed by atoms with Crippen LogP contribution < -0.4 is 0 Å². The fourth-order valence-corrected chi connectivity index (χ4v) is 1.34. The normalized spacial score (nSPS) is 10.5. The van der Waals surface area contributed by atoms with E-state index >= 15 is 0 Å². The van der Waals surface area contributed by atoms with Gasteiger partial charge in [0, 0.05) is 0 Å². The molecule has 6 heteroatoms. The van der Waals surface area contributed by atoms with Gasteiger partial charge in [-0.05, 0) is 0 Å². The third kappa shape index (κ3) is 0.874. The van der Waals surface area contributed by atoms with Crippen molar-refractivity contribution < 1.29 is 9.90 Å². The van der Waals surface area contributed by atoms with Crippen molar-refractivity contribution >= 4 is 22.3 Å². The van der Waals surface area contributed by atoms with E-state index in [0.29, 0.717) is 4.96 Å². The molecule has 0 aromatic carbocycles. The van der Waals surface area contributed by atoms with E-state index in [1.54, 1.807) is 5.51 Å². The SMILES string of the molecule is O=C(O)c1cn2ncsc2n1. The van der Waals surface area contributed by atoms with Crippen LogP contribution in [0.2, 0.25) is 0 Å². The zero-order valence-corrected chi connectivity index (χ0v) is 6.08. The molecule has 0 aliphatic rings. The number of carboxylic acid groups (broad SMARTS) is 1. The average Bonchev–Trinajstić information content (AvgIpc) is 2.40. The van der Waals surface area contributed by atoms with Gasteiger partial charge in [0.2, 0.25) is 4.96 Å². The fourth-order valence-electron chi connectivity index (χ4n) is 0.742. The van der Waals surface area contributed by atoms with Crippen LogP contribution in [0.25, 0.3) is 4.96 Å². The molecule has 1 N–H and O–H groups in total. The van der Waals surface area contributed by atoms with E-state index in [9.17, 15) is 4.79 Å². The molecule has 2 heterocycles. The summed E-state index contributed by atoms with van der Waals surface area (Å²) in [5.74, 6) is -1.03. The first-order valence-corrected chi connectivity index (χ1v) is 3.67. The summed E-state index contributed by atoms with van der Waals surface area (Å²) >= 11 is 1.30. The minimum absolute atomic E-state index is 0.0318. The van der Waals surface area contributed by atoms with Crippen molar-refractivity contribution in [2.24, 2.45) is 0 Å². The summed E-state index contributed by atoms with van der Waals surface area (Å²) in [5.41, 5.74) is 1.64. The Labute approximate surface area is 64.9 Å². The van der Waals surface area contributed by atoms with Crippen LogP contribution in [0.1, 0.15) is 10.5 Å². The Morgan fingerprint density at radius 1 is 1.73 bits per heavy atom. The van der Waals surface area contributed by atoms with Gasteiger partial charge in [-0.2, -0.15) is 5.10 Å². The summed E-state index contributed by atoms with van der Waals surface area (Å²) < 4.78 is 1.44. The minimum Gasteiger partial charge on any atom is -0.476 e. The third-order valence-corrected chi connectivity index (χ3v) is 1.89. The molecule has 56 valence electrons. The van der Waals surface area contributed by atoms with Crippen LogP contribution in [0.15, 0.2) is 11.7 Å². The Bertz CT molecular complexity index is 376. The van der Waals surface area contributed by atoms with Gasteiger partial charge in [-0.25, -0.2) is 14.3 Å². The van der Waals surface area contributed by atoms with Gasteiger partial charge in [0.1, 0.15) is 5.51 Å². The van der Waals surface area contributed by atoms with E-state index in [-0.39, 0.29) is 5.69 Å². The monoisotopic (exact) mass is 169 g/mol. The Morgan fingerprint density at radius 3 is 3.18 bits per heavy atom. The number of fused-ring (bicyclic) bond motifs is 1. The molecular weight excluding hydrogens is 166 g/mol. The summed E-state index contributed by atoms with van der Waals surface area (Å²) in [7, 11) is 0. The second kappa shape index (κ2) is 2.03. The molecule has 2 aromatic heterocycles. The molecule has 0 saturated heterocycles. The minimum atomic E-state index is -1.03. The molecule has 5 nitrogen and oxygen atoms in total. The van der Waals surface area contributed by atoms with Gasteiger partial charge in [-0.3, -0.25) is 0 Å². The van der Waals surface area contributed by atoms with Crippen molar-refractivity contribution in [1.82, 2.24) is 14.6 Å². The van der Waals surface area contributed by atoms with E-state index < -0.39 is 5.97 Å². The van der Waals surface area contributed by atoms with E-state index in [2.05, 4.69) is 10.1 Å². The van der Waals surface area contributed by atoms with Crippen molar-refractivity contribution in [1.29, 1.82) is 0 Å². The summed E-state index contributed by atoms with van der Waals surface area (Å²) in [6.07, 6.45) is 1.38. The van der Waals surface area contributed by atoms with Crippen molar-refractivity contribution in [3.05, 3.63) is 17.4 Å². The van der Waals surface area contributed by atoms with Gasteiger partial charge >= 0.3 is 5.97 Å². The highest BCUT2D eigenvalue weighted by molar-refractivity contribution is 7.14. The quantitative estimate of drug-likeness (QED) is 0.674. The van der Waals surface area contributed by atoms with Crippen molar-refractivity contribution in [3.8, 4) is 0 Å². The number of aromatic carboxylic acids is 1. The van der Waals surface area contributed by atoms with Crippen LogP contribution in [0.5, 0.6) is 0 Å². The predicted molar refractivity (Wildman–Crippen MR) is 37.8 cm³/mol. The molecule has 0 aliphatic carbocycles. The lowest BCUT2D eigenvalue weighted by molar-refractivity contribution is 0.0691.